The molecule has 2 N–H and O–H groups in total. The van der Waals surface area contributed by atoms with E-state index in [-0.39, 0.29) is 0 Å². The molecule has 2 aromatic rings. The summed E-state index contributed by atoms with van der Waals surface area (Å²) in [7, 11) is 0. The van der Waals surface area contributed by atoms with Gasteiger partial charge in [-0.2, -0.15) is 0 Å². The van der Waals surface area contributed by atoms with Crippen LogP contribution in [0.4, 0.5) is 0 Å². The number of hydrogen-bond donors (Lipinski definition) is 1. The van der Waals surface area contributed by atoms with Crippen LogP contribution >= 0.6 is 12.1 Å². The zero-order chi connectivity index (χ0) is 7.68. The van der Waals surface area contributed by atoms with Gasteiger partial charge >= 0.3 is 0 Å². The summed E-state index contributed by atoms with van der Waals surface area (Å²) in [5.41, 5.74) is 1.73. The van der Waals surface area contributed by atoms with Crippen molar-refractivity contribution in [2.45, 2.75) is 0 Å². The second kappa shape index (κ2) is 2.52. The van der Waals surface area contributed by atoms with Crippen LogP contribution in [0.2, 0.25) is 0 Å². The first-order chi connectivity index (χ1) is 5.40. The minimum atomic E-state index is 0.866. The lowest BCUT2D eigenvalue weighted by molar-refractivity contribution is 0.881. The lowest BCUT2D eigenvalue weighted by Crippen LogP contribution is -1.95. The van der Waals surface area contributed by atoms with Crippen molar-refractivity contribution in [1.29, 1.82) is 0 Å². The molecule has 11 heavy (non-hydrogen) atoms. The molecule has 0 radical (unpaired) electrons. The maximum Gasteiger partial charge on any atom is 0.114 e. The summed E-state index contributed by atoms with van der Waals surface area (Å²) in [6.07, 6.45) is 0. The normalized spacial score (nSPS) is 10.6. The van der Waals surface area contributed by atoms with Crippen LogP contribution in [-0.4, -0.2) is 14.4 Å². The van der Waals surface area contributed by atoms with Crippen LogP contribution in [0, 0.1) is 0 Å². The molecule has 0 aliphatic heterocycles. The molecule has 0 unspecified atom stereocenters. The summed E-state index contributed by atoms with van der Waals surface area (Å²) in [5.74, 6) is 0. The molecule has 0 saturated heterocycles. The van der Waals surface area contributed by atoms with Crippen LogP contribution in [-0.2, 0) is 0 Å². The quantitative estimate of drug-likeness (QED) is 0.637. The van der Waals surface area contributed by atoms with E-state index < -0.39 is 0 Å². The molecule has 0 saturated carbocycles. The highest BCUT2D eigenvalue weighted by Gasteiger charge is 1.98. The monoisotopic (exact) mass is 166 g/mol. The minimum Gasteiger partial charge on any atom is -0.256 e. The first-order valence-electron chi connectivity index (χ1n) is 3.09. The molecule has 1 aromatic heterocycles. The van der Waals surface area contributed by atoms with E-state index in [4.69, 9.17) is 5.14 Å². The van der Waals surface area contributed by atoms with E-state index in [1.54, 1.807) is 0 Å². The van der Waals surface area contributed by atoms with E-state index in [2.05, 4.69) is 10.2 Å². The number of benzene rings is 1. The maximum absolute atomic E-state index is 5.27. The molecular formula is C6H6N4S. The topological polar surface area (TPSA) is 56.7 Å². The number of fused-ring (bicyclic) bond motifs is 1. The van der Waals surface area contributed by atoms with Gasteiger partial charge in [-0.3, -0.25) is 5.14 Å². The first-order valence-corrected chi connectivity index (χ1v) is 3.93. The van der Waals surface area contributed by atoms with Gasteiger partial charge in [0.1, 0.15) is 11.0 Å². The van der Waals surface area contributed by atoms with E-state index >= 15 is 0 Å². The van der Waals surface area contributed by atoms with Gasteiger partial charge in [0, 0.05) is 0 Å². The molecule has 0 spiro atoms. The van der Waals surface area contributed by atoms with E-state index in [1.165, 1.54) is 4.20 Å². The molecule has 0 amide bonds. The zero-order valence-electron chi connectivity index (χ0n) is 5.64. The van der Waals surface area contributed by atoms with Crippen molar-refractivity contribution < 1.29 is 0 Å². The second-order valence-corrected chi connectivity index (χ2v) is 2.58. The summed E-state index contributed by atoms with van der Waals surface area (Å²) in [4.78, 5) is 0. The van der Waals surface area contributed by atoms with Crippen LogP contribution in [0.25, 0.3) is 11.0 Å². The van der Waals surface area contributed by atoms with Crippen molar-refractivity contribution in [3.8, 4) is 0 Å². The Labute approximate surface area is 67.6 Å². The van der Waals surface area contributed by atoms with E-state index in [9.17, 15) is 0 Å². The number of nitrogens with two attached hydrogens (primary N) is 1. The number of rotatable bonds is 1. The maximum atomic E-state index is 5.27. The number of nitrogens with zero attached hydrogens (tertiary/aromatic N) is 3. The van der Waals surface area contributed by atoms with Crippen LogP contribution < -0.4 is 5.14 Å². The SMILES string of the molecule is NSn1nc2ccccc2n1. The third kappa shape index (κ3) is 1.08. The zero-order valence-corrected chi connectivity index (χ0v) is 6.45. The van der Waals surface area contributed by atoms with Crippen molar-refractivity contribution in [2.24, 2.45) is 5.14 Å². The van der Waals surface area contributed by atoms with Gasteiger partial charge in [0.2, 0.25) is 0 Å². The fourth-order valence-corrected chi connectivity index (χ4v) is 1.16. The molecule has 56 valence electrons. The van der Waals surface area contributed by atoms with Crippen molar-refractivity contribution in [3.05, 3.63) is 24.3 Å². The lowest BCUT2D eigenvalue weighted by Gasteiger charge is -1.83. The standard InChI is InChI=1S/C6H6N4S/c7-11-10-8-5-3-1-2-4-6(5)9-10/h1-4H,7H2. The highest BCUT2D eigenvalue weighted by molar-refractivity contribution is 7.95. The van der Waals surface area contributed by atoms with Crippen molar-refractivity contribution in [3.63, 3.8) is 0 Å². The Morgan fingerprint density at radius 1 is 1.18 bits per heavy atom. The van der Waals surface area contributed by atoms with Gasteiger partial charge in [0.15, 0.2) is 0 Å². The molecule has 4 nitrogen and oxygen atoms in total. The molecule has 0 bridgehead atoms. The largest absolute Gasteiger partial charge is 0.256 e. The summed E-state index contributed by atoms with van der Waals surface area (Å²) >= 11 is 0.989. The Morgan fingerprint density at radius 3 is 2.18 bits per heavy atom. The number of hydrogen-bond acceptors (Lipinski definition) is 4. The molecule has 1 heterocycles. The highest BCUT2D eigenvalue weighted by atomic mass is 32.2. The molecular weight excluding hydrogens is 160 g/mol. The van der Waals surface area contributed by atoms with Crippen LogP contribution in [0.5, 0.6) is 0 Å². The van der Waals surface area contributed by atoms with Gasteiger partial charge in [-0.25, -0.2) is 0 Å². The molecule has 0 fully saturated rings. The lowest BCUT2D eigenvalue weighted by atomic mass is 10.3. The van der Waals surface area contributed by atoms with Crippen LogP contribution in [0.15, 0.2) is 24.3 Å². The van der Waals surface area contributed by atoms with Crippen molar-refractivity contribution in [2.75, 3.05) is 0 Å². The fourth-order valence-electron chi connectivity index (χ4n) is 0.887. The average Bonchev–Trinajstić information content (AvgIpc) is 2.46. The molecule has 1 aromatic carbocycles. The molecule has 0 aliphatic rings. The van der Waals surface area contributed by atoms with Crippen molar-refractivity contribution in [1.82, 2.24) is 14.4 Å². The average molecular weight is 166 g/mol. The van der Waals surface area contributed by atoms with E-state index in [1.807, 2.05) is 24.3 Å². The highest BCUT2D eigenvalue weighted by Crippen LogP contribution is 2.08. The molecule has 2 rings (SSSR count). The number of aromatic nitrogens is 3. The second-order valence-electron chi connectivity index (χ2n) is 2.05. The van der Waals surface area contributed by atoms with E-state index in [0.29, 0.717) is 0 Å². The van der Waals surface area contributed by atoms with E-state index in [0.717, 1.165) is 23.2 Å². The smallest absolute Gasteiger partial charge is 0.114 e. The van der Waals surface area contributed by atoms with Gasteiger partial charge < -0.3 is 0 Å². The fraction of sp³-hybridized carbons (Fsp3) is 0. The summed E-state index contributed by atoms with van der Waals surface area (Å²) in [5, 5.41) is 13.4. The predicted octanol–water partition coefficient (Wildman–Crippen LogP) is 0.801. The third-order valence-electron chi connectivity index (χ3n) is 1.36. The predicted molar refractivity (Wildman–Crippen MR) is 44.7 cm³/mol. The Balaban J connectivity index is 2.69. The summed E-state index contributed by atoms with van der Waals surface area (Å²) in [6, 6.07) is 7.63. The van der Waals surface area contributed by atoms with Gasteiger partial charge in [0.25, 0.3) is 0 Å². The van der Waals surface area contributed by atoms with Crippen LogP contribution in [0.1, 0.15) is 0 Å². The molecule has 5 heteroatoms. The van der Waals surface area contributed by atoms with Crippen molar-refractivity contribution >= 4 is 23.2 Å². The van der Waals surface area contributed by atoms with Gasteiger partial charge in [-0.15, -0.1) is 14.4 Å². The third-order valence-corrected chi connectivity index (χ3v) is 1.71. The van der Waals surface area contributed by atoms with Gasteiger partial charge in [-0.05, 0) is 12.1 Å². The van der Waals surface area contributed by atoms with Gasteiger partial charge in [0.05, 0.1) is 12.1 Å². The Morgan fingerprint density at radius 2 is 1.73 bits per heavy atom. The Kier molecular flexibility index (Phi) is 1.52. The molecule has 0 atom stereocenters. The van der Waals surface area contributed by atoms with Gasteiger partial charge in [-0.1, -0.05) is 12.1 Å². The Bertz CT molecular complexity index is 336. The van der Waals surface area contributed by atoms with Crippen LogP contribution in [0.3, 0.4) is 0 Å². The summed E-state index contributed by atoms with van der Waals surface area (Å²) in [6.45, 7) is 0. The molecule has 0 aliphatic carbocycles. The minimum absolute atomic E-state index is 0.866. The first kappa shape index (κ1) is 6.63. The summed E-state index contributed by atoms with van der Waals surface area (Å²) < 4.78 is 1.39. The Hall–Kier alpha value is -1.07.